The molecule has 138 valence electrons. The maximum atomic E-state index is 12.6. The fraction of sp³-hybridized carbons (Fsp3) is 0.300. The van der Waals surface area contributed by atoms with E-state index in [-0.39, 0.29) is 11.9 Å². The number of nitrogens with one attached hydrogen (secondary N) is 1. The highest BCUT2D eigenvalue weighted by Gasteiger charge is 2.34. The summed E-state index contributed by atoms with van der Waals surface area (Å²) in [7, 11) is 1.33. The number of ether oxygens (including phenoxy) is 1. The summed E-state index contributed by atoms with van der Waals surface area (Å²) < 4.78 is 6.50. The van der Waals surface area contributed by atoms with Crippen molar-refractivity contribution in [2.45, 2.75) is 19.4 Å². The molecule has 2 atom stereocenters. The molecule has 0 spiro atoms. The number of nitriles is 1. The van der Waals surface area contributed by atoms with Gasteiger partial charge in [-0.2, -0.15) is 10.4 Å². The lowest BCUT2D eigenvalue weighted by molar-refractivity contribution is -0.149. The Kier molecular flexibility index (Phi) is 5.67. The molecule has 1 aromatic carbocycles. The van der Waals surface area contributed by atoms with Crippen LogP contribution in [0.3, 0.4) is 0 Å². The summed E-state index contributed by atoms with van der Waals surface area (Å²) in [4.78, 5) is 24.5. The van der Waals surface area contributed by atoms with Crippen LogP contribution >= 0.6 is 0 Å². The Bertz CT molecular complexity index is 910. The molecule has 2 aromatic rings. The van der Waals surface area contributed by atoms with Crippen molar-refractivity contribution in [3.05, 3.63) is 59.9 Å². The van der Waals surface area contributed by atoms with Gasteiger partial charge in [0, 0.05) is 6.20 Å². The summed E-state index contributed by atoms with van der Waals surface area (Å²) >= 11 is 0. The number of benzene rings is 1. The van der Waals surface area contributed by atoms with Crippen LogP contribution in [0.5, 0.6) is 0 Å². The highest BCUT2D eigenvalue weighted by molar-refractivity contribution is 5.95. The monoisotopic (exact) mass is 364 g/mol. The smallest absolute Gasteiger partial charge is 0.309 e. The molecule has 7 nitrogen and oxygen atoms in total. The number of allylic oxidation sites excluding steroid dienone is 2. The first-order valence-corrected chi connectivity index (χ1v) is 8.66. The number of nitrogens with zero attached hydrogens (tertiary/aromatic N) is 3. The van der Waals surface area contributed by atoms with E-state index in [2.05, 4.69) is 16.5 Å². The van der Waals surface area contributed by atoms with E-state index in [9.17, 15) is 9.59 Å². The number of amides is 1. The number of hydrogen-bond acceptors (Lipinski definition) is 5. The highest BCUT2D eigenvalue weighted by Crippen LogP contribution is 2.28. The van der Waals surface area contributed by atoms with Crippen LogP contribution in [0, 0.1) is 23.2 Å². The second-order valence-corrected chi connectivity index (χ2v) is 6.41. The zero-order chi connectivity index (χ0) is 19.2. The number of carbonyl (C=O) groups is 2. The van der Waals surface area contributed by atoms with Crippen molar-refractivity contribution in [2.75, 3.05) is 12.4 Å². The molecule has 3 rings (SSSR count). The number of aromatic nitrogens is 2. The van der Waals surface area contributed by atoms with E-state index in [1.54, 1.807) is 29.2 Å². The van der Waals surface area contributed by atoms with Gasteiger partial charge in [-0.1, -0.05) is 24.3 Å². The van der Waals surface area contributed by atoms with E-state index in [0.29, 0.717) is 30.6 Å². The first-order valence-electron chi connectivity index (χ1n) is 8.66. The van der Waals surface area contributed by atoms with Gasteiger partial charge < -0.3 is 10.1 Å². The molecule has 0 aliphatic heterocycles. The fourth-order valence-corrected chi connectivity index (χ4v) is 3.19. The van der Waals surface area contributed by atoms with Crippen molar-refractivity contribution in [1.82, 2.24) is 9.78 Å². The van der Waals surface area contributed by atoms with Crippen LogP contribution in [-0.2, 0) is 20.9 Å². The van der Waals surface area contributed by atoms with Crippen molar-refractivity contribution in [2.24, 2.45) is 11.8 Å². The Morgan fingerprint density at radius 3 is 2.85 bits per heavy atom. The quantitative estimate of drug-likeness (QED) is 0.649. The number of hydrogen-bond donors (Lipinski definition) is 1. The van der Waals surface area contributed by atoms with Crippen molar-refractivity contribution in [3.8, 4) is 6.07 Å². The van der Waals surface area contributed by atoms with E-state index in [4.69, 9.17) is 10.00 Å². The summed E-state index contributed by atoms with van der Waals surface area (Å²) in [6, 6.07) is 9.39. The van der Waals surface area contributed by atoms with Gasteiger partial charge in [0.2, 0.25) is 5.91 Å². The lowest BCUT2D eigenvalue weighted by Crippen LogP contribution is -2.35. The summed E-state index contributed by atoms with van der Waals surface area (Å²) in [5.41, 5.74) is 2.10. The van der Waals surface area contributed by atoms with Gasteiger partial charge in [0.15, 0.2) is 0 Å². The molecule has 1 N–H and O–H groups in total. The van der Waals surface area contributed by atoms with E-state index in [0.717, 1.165) is 5.56 Å². The minimum Gasteiger partial charge on any atom is -0.469 e. The van der Waals surface area contributed by atoms with E-state index >= 15 is 0 Å². The van der Waals surface area contributed by atoms with Crippen LogP contribution in [0.15, 0.2) is 48.8 Å². The molecule has 0 bridgehead atoms. The molecule has 27 heavy (non-hydrogen) atoms. The second-order valence-electron chi connectivity index (χ2n) is 6.41. The number of anilines is 1. The molecule has 1 aliphatic carbocycles. The molecule has 0 saturated heterocycles. The summed E-state index contributed by atoms with van der Waals surface area (Å²) in [6.07, 6.45) is 8.11. The lowest BCUT2D eigenvalue weighted by Gasteiger charge is -2.25. The highest BCUT2D eigenvalue weighted by atomic mass is 16.5. The van der Waals surface area contributed by atoms with Crippen LogP contribution in [-0.4, -0.2) is 28.8 Å². The predicted octanol–water partition coefficient (Wildman–Crippen LogP) is 2.50. The standard InChI is InChI=1S/C20H20N4O3/c1-27-20(26)18-8-3-2-7-17(18)19(25)23-16-11-22-24(13-16)12-15-6-4-5-14(9-15)10-21/h2-6,9,11,13,17-18H,7-8,12H2,1H3,(H,23,25). The third-order valence-corrected chi connectivity index (χ3v) is 4.57. The molecule has 2 unspecified atom stereocenters. The van der Waals surface area contributed by atoms with Gasteiger partial charge >= 0.3 is 5.97 Å². The molecular formula is C20H20N4O3. The summed E-state index contributed by atoms with van der Waals surface area (Å²) in [5.74, 6) is -1.52. The van der Waals surface area contributed by atoms with Crippen molar-refractivity contribution < 1.29 is 14.3 Å². The van der Waals surface area contributed by atoms with Crippen LogP contribution < -0.4 is 5.32 Å². The van der Waals surface area contributed by atoms with E-state index in [1.165, 1.54) is 7.11 Å². The minimum absolute atomic E-state index is 0.222. The third-order valence-electron chi connectivity index (χ3n) is 4.57. The van der Waals surface area contributed by atoms with Gasteiger partial charge in [-0.25, -0.2) is 0 Å². The largest absolute Gasteiger partial charge is 0.469 e. The molecule has 0 radical (unpaired) electrons. The molecule has 1 aliphatic rings. The normalized spacial score (nSPS) is 18.5. The number of esters is 1. The van der Waals surface area contributed by atoms with Gasteiger partial charge in [0.25, 0.3) is 0 Å². The SMILES string of the molecule is COC(=O)C1CC=CCC1C(=O)Nc1cnn(Cc2cccc(C#N)c2)c1. The van der Waals surface area contributed by atoms with Gasteiger partial charge in [-0.3, -0.25) is 14.3 Å². The molecule has 1 amide bonds. The van der Waals surface area contributed by atoms with Gasteiger partial charge in [-0.05, 0) is 30.5 Å². The van der Waals surface area contributed by atoms with E-state index in [1.807, 2.05) is 24.3 Å². The van der Waals surface area contributed by atoms with Crippen LogP contribution in [0.4, 0.5) is 5.69 Å². The lowest BCUT2D eigenvalue weighted by atomic mass is 9.82. The molecule has 7 heteroatoms. The maximum Gasteiger partial charge on any atom is 0.309 e. The molecular weight excluding hydrogens is 344 g/mol. The average Bonchev–Trinajstić information content (AvgIpc) is 3.14. The van der Waals surface area contributed by atoms with Gasteiger partial charge in [0.1, 0.15) is 0 Å². The van der Waals surface area contributed by atoms with Crippen LogP contribution in [0.1, 0.15) is 24.0 Å². The summed E-state index contributed by atoms with van der Waals surface area (Å²) in [6.45, 7) is 0.488. The Hall–Kier alpha value is -3.40. The Morgan fingerprint density at radius 1 is 1.33 bits per heavy atom. The van der Waals surface area contributed by atoms with Gasteiger partial charge in [-0.15, -0.1) is 0 Å². The van der Waals surface area contributed by atoms with Crippen LogP contribution in [0.2, 0.25) is 0 Å². The Balaban J connectivity index is 1.66. The molecule has 1 aromatic heterocycles. The average molecular weight is 364 g/mol. The third kappa shape index (κ3) is 4.42. The van der Waals surface area contributed by atoms with Crippen molar-refractivity contribution in [1.29, 1.82) is 5.26 Å². The molecule has 1 heterocycles. The zero-order valence-corrected chi connectivity index (χ0v) is 15.0. The second kappa shape index (κ2) is 8.32. The van der Waals surface area contributed by atoms with Crippen molar-refractivity contribution >= 4 is 17.6 Å². The maximum absolute atomic E-state index is 12.6. The zero-order valence-electron chi connectivity index (χ0n) is 15.0. The Labute approximate surface area is 157 Å². The van der Waals surface area contributed by atoms with Gasteiger partial charge in [0.05, 0.1) is 49.0 Å². The topological polar surface area (TPSA) is 97.0 Å². The van der Waals surface area contributed by atoms with E-state index < -0.39 is 11.8 Å². The first kappa shape index (κ1) is 18.4. The number of carbonyl (C=O) groups excluding carboxylic acids is 2. The first-order chi connectivity index (χ1) is 13.1. The Morgan fingerprint density at radius 2 is 2.11 bits per heavy atom. The number of methoxy groups -OCH3 is 1. The minimum atomic E-state index is -0.469. The predicted molar refractivity (Wildman–Crippen MR) is 98.5 cm³/mol. The molecule has 0 fully saturated rings. The molecule has 0 saturated carbocycles. The fourth-order valence-electron chi connectivity index (χ4n) is 3.19. The number of rotatable bonds is 5. The van der Waals surface area contributed by atoms with Crippen molar-refractivity contribution in [3.63, 3.8) is 0 Å². The van der Waals surface area contributed by atoms with Crippen LogP contribution in [0.25, 0.3) is 0 Å². The summed E-state index contributed by atoms with van der Waals surface area (Å²) in [5, 5.41) is 16.1.